The quantitative estimate of drug-likeness (QED) is 0.353. The van der Waals surface area contributed by atoms with Gasteiger partial charge < -0.3 is 14.5 Å². The molecule has 2 N–H and O–H groups in total. The number of aromatic nitrogens is 1. The number of hydrogen-bond acceptors (Lipinski definition) is 5. The summed E-state index contributed by atoms with van der Waals surface area (Å²) in [5.41, 5.74) is 4.14. The van der Waals surface area contributed by atoms with Crippen LogP contribution in [0.2, 0.25) is 5.02 Å². The largest absolute Gasteiger partial charge is 0.494 e. The van der Waals surface area contributed by atoms with Gasteiger partial charge in [-0.1, -0.05) is 17.7 Å². The molecule has 3 aromatic carbocycles. The summed E-state index contributed by atoms with van der Waals surface area (Å²) in [4.78, 5) is 17.0. The third-order valence-corrected chi connectivity index (χ3v) is 5.17. The highest BCUT2D eigenvalue weighted by Crippen LogP contribution is 2.27. The number of anilines is 1. The van der Waals surface area contributed by atoms with E-state index in [2.05, 4.69) is 15.6 Å². The molecule has 0 aliphatic heterocycles. The molecule has 0 spiro atoms. The van der Waals surface area contributed by atoms with Crippen LogP contribution in [0.5, 0.6) is 5.75 Å². The molecule has 0 bridgehead atoms. The number of ether oxygens (including phenoxy) is 1. The van der Waals surface area contributed by atoms with Crippen LogP contribution in [0, 0.1) is 6.92 Å². The van der Waals surface area contributed by atoms with E-state index in [0.717, 1.165) is 16.9 Å². The molecule has 4 rings (SSSR count). The van der Waals surface area contributed by atoms with Crippen LogP contribution in [0.3, 0.4) is 0 Å². The van der Waals surface area contributed by atoms with Gasteiger partial charge in [0, 0.05) is 11.3 Å². The summed E-state index contributed by atoms with van der Waals surface area (Å²) in [7, 11) is 0. The van der Waals surface area contributed by atoms with Crippen molar-refractivity contribution in [2.24, 2.45) is 0 Å². The van der Waals surface area contributed by atoms with Crippen molar-refractivity contribution in [3.63, 3.8) is 0 Å². The number of carbonyl (C=O) groups is 1. The number of nitrogens with zero attached hydrogens (tertiary/aromatic N) is 1. The fourth-order valence-corrected chi connectivity index (χ4v) is 3.66. The van der Waals surface area contributed by atoms with Gasteiger partial charge in [-0.25, -0.2) is 4.98 Å². The van der Waals surface area contributed by atoms with Crippen LogP contribution in [0.1, 0.15) is 22.8 Å². The number of benzene rings is 3. The molecule has 4 aromatic rings. The molecule has 1 amide bonds. The van der Waals surface area contributed by atoms with Crippen LogP contribution < -0.4 is 15.4 Å². The molecule has 0 fully saturated rings. The highest BCUT2D eigenvalue weighted by Gasteiger charge is 2.13. The monoisotopic (exact) mass is 465 g/mol. The maximum Gasteiger partial charge on any atom is 0.258 e. The van der Waals surface area contributed by atoms with Gasteiger partial charge >= 0.3 is 0 Å². The van der Waals surface area contributed by atoms with E-state index in [0.29, 0.717) is 39.9 Å². The molecule has 8 heteroatoms. The summed E-state index contributed by atoms with van der Waals surface area (Å²) in [5.74, 6) is 0.916. The summed E-state index contributed by atoms with van der Waals surface area (Å²) in [6.45, 7) is 4.45. The van der Waals surface area contributed by atoms with Gasteiger partial charge in [0.1, 0.15) is 11.3 Å². The summed E-state index contributed by atoms with van der Waals surface area (Å²) in [6, 6.07) is 18.2. The minimum Gasteiger partial charge on any atom is -0.494 e. The molecule has 6 nitrogen and oxygen atoms in total. The predicted octanol–water partition coefficient (Wildman–Crippen LogP) is 5.98. The summed E-state index contributed by atoms with van der Waals surface area (Å²) >= 11 is 11.4. The number of nitrogens with one attached hydrogen (secondary N) is 2. The number of fused-ring (bicyclic) bond motifs is 1. The van der Waals surface area contributed by atoms with Crippen molar-refractivity contribution >= 4 is 51.6 Å². The highest BCUT2D eigenvalue weighted by atomic mass is 35.5. The van der Waals surface area contributed by atoms with Crippen molar-refractivity contribution in [3.8, 4) is 17.2 Å². The Bertz CT molecular complexity index is 1300. The first kappa shape index (κ1) is 21.8. The Morgan fingerprint density at radius 2 is 1.91 bits per heavy atom. The third kappa shape index (κ3) is 4.90. The van der Waals surface area contributed by atoms with Gasteiger partial charge in [-0.2, -0.15) is 0 Å². The van der Waals surface area contributed by atoms with Gasteiger partial charge in [0.05, 0.1) is 17.2 Å². The van der Waals surface area contributed by atoms with E-state index in [1.54, 1.807) is 30.3 Å². The van der Waals surface area contributed by atoms with Gasteiger partial charge in [-0.05, 0) is 86.2 Å². The van der Waals surface area contributed by atoms with Crippen LogP contribution in [-0.4, -0.2) is 22.6 Å². The Morgan fingerprint density at radius 1 is 1.12 bits per heavy atom. The molecule has 162 valence electrons. The Kier molecular flexibility index (Phi) is 6.39. The van der Waals surface area contributed by atoms with Crippen molar-refractivity contribution in [2.45, 2.75) is 13.8 Å². The number of halogens is 1. The maximum absolute atomic E-state index is 12.5. The zero-order valence-corrected chi connectivity index (χ0v) is 19.0. The van der Waals surface area contributed by atoms with Crippen molar-refractivity contribution in [1.29, 1.82) is 0 Å². The van der Waals surface area contributed by atoms with Gasteiger partial charge in [-0.15, -0.1) is 0 Å². The number of carbonyl (C=O) groups excluding carboxylic acids is 1. The standard InChI is InChI=1S/C24H20ClN3O3S/c1-3-30-17-8-5-15(6-9-17)23-27-20-13-16(7-11-21(20)31-23)26-24(32)28-22(29)18-10-4-14(2)12-19(18)25/h4-13H,3H2,1-2H3,(H2,26,28,29,32). The lowest BCUT2D eigenvalue weighted by Crippen LogP contribution is -2.34. The second-order valence-corrected chi connectivity index (χ2v) is 7.87. The fourth-order valence-electron chi connectivity index (χ4n) is 3.13. The molecule has 0 saturated heterocycles. The first-order valence-electron chi connectivity index (χ1n) is 9.95. The molecule has 0 atom stereocenters. The van der Waals surface area contributed by atoms with Crippen LogP contribution in [0.25, 0.3) is 22.6 Å². The number of amides is 1. The lowest BCUT2D eigenvalue weighted by Gasteiger charge is -2.10. The van der Waals surface area contributed by atoms with Gasteiger partial charge in [-0.3, -0.25) is 10.1 Å². The van der Waals surface area contributed by atoms with E-state index in [9.17, 15) is 4.79 Å². The minimum absolute atomic E-state index is 0.154. The Hall–Kier alpha value is -3.42. The molecule has 0 radical (unpaired) electrons. The van der Waals surface area contributed by atoms with Crippen LogP contribution in [0.4, 0.5) is 5.69 Å². The van der Waals surface area contributed by atoms with Crippen molar-refractivity contribution in [2.75, 3.05) is 11.9 Å². The molecule has 0 unspecified atom stereocenters. The molecule has 32 heavy (non-hydrogen) atoms. The van der Waals surface area contributed by atoms with E-state index in [1.165, 1.54) is 0 Å². The average molecular weight is 466 g/mol. The molecular formula is C24H20ClN3O3S. The fraction of sp³-hybridized carbons (Fsp3) is 0.125. The van der Waals surface area contributed by atoms with E-state index < -0.39 is 0 Å². The second-order valence-electron chi connectivity index (χ2n) is 7.05. The second kappa shape index (κ2) is 9.38. The van der Waals surface area contributed by atoms with E-state index >= 15 is 0 Å². The Morgan fingerprint density at radius 3 is 2.62 bits per heavy atom. The van der Waals surface area contributed by atoms with Crippen molar-refractivity contribution < 1.29 is 13.9 Å². The number of hydrogen-bond donors (Lipinski definition) is 2. The highest BCUT2D eigenvalue weighted by molar-refractivity contribution is 7.80. The molecular weight excluding hydrogens is 446 g/mol. The zero-order chi connectivity index (χ0) is 22.7. The topological polar surface area (TPSA) is 76.4 Å². The van der Waals surface area contributed by atoms with E-state index in [1.807, 2.05) is 44.2 Å². The SMILES string of the molecule is CCOc1ccc(-c2nc3cc(NC(=S)NC(=O)c4ccc(C)cc4Cl)ccc3o2)cc1. The maximum atomic E-state index is 12.5. The third-order valence-electron chi connectivity index (χ3n) is 4.65. The zero-order valence-electron chi connectivity index (χ0n) is 17.4. The Labute approximate surface area is 195 Å². The lowest BCUT2D eigenvalue weighted by molar-refractivity contribution is 0.0978. The van der Waals surface area contributed by atoms with Crippen LogP contribution in [-0.2, 0) is 0 Å². The number of thiocarbonyl (C=S) groups is 1. The van der Waals surface area contributed by atoms with Crippen molar-refractivity contribution in [3.05, 3.63) is 76.8 Å². The lowest BCUT2D eigenvalue weighted by atomic mass is 10.1. The number of aryl methyl sites for hydroxylation is 1. The molecule has 1 aromatic heterocycles. The normalized spacial score (nSPS) is 10.7. The smallest absolute Gasteiger partial charge is 0.258 e. The van der Waals surface area contributed by atoms with E-state index in [-0.39, 0.29) is 11.0 Å². The number of oxazole rings is 1. The molecule has 1 heterocycles. The first-order chi connectivity index (χ1) is 15.4. The van der Waals surface area contributed by atoms with Crippen molar-refractivity contribution in [1.82, 2.24) is 10.3 Å². The summed E-state index contributed by atoms with van der Waals surface area (Å²) in [5, 5.41) is 6.16. The van der Waals surface area contributed by atoms with Crippen LogP contribution in [0.15, 0.2) is 65.1 Å². The van der Waals surface area contributed by atoms with Gasteiger partial charge in [0.25, 0.3) is 5.91 Å². The van der Waals surface area contributed by atoms with Crippen LogP contribution >= 0.6 is 23.8 Å². The van der Waals surface area contributed by atoms with Gasteiger partial charge in [0.2, 0.25) is 5.89 Å². The summed E-state index contributed by atoms with van der Waals surface area (Å²) in [6.07, 6.45) is 0. The Balaban J connectivity index is 1.46. The predicted molar refractivity (Wildman–Crippen MR) is 130 cm³/mol. The molecule has 0 aliphatic carbocycles. The molecule has 0 aliphatic rings. The summed E-state index contributed by atoms with van der Waals surface area (Å²) < 4.78 is 11.3. The number of rotatable bonds is 5. The van der Waals surface area contributed by atoms with E-state index in [4.69, 9.17) is 33.0 Å². The molecule has 0 saturated carbocycles. The minimum atomic E-state index is -0.382. The average Bonchev–Trinajstić information content (AvgIpc) is 3.17. The first-order valence-corrected chi connectivity index (χ1v) is 10.7. The van der Waals surface area contributed by atoms with Gasteiger partial charge in [0.15, 0.2) is 10.7 Å².